The Kier molecular flexibility index (Phi) is 6.14. The zero-order valence-electron chi connectivity index (χ0n) is 15.9. The lowest BCUT2D eigenvalue weighted by atomic mass is 9.76. The van der Waals surface area contributed by atoms with Gasteiger partial charge < -0.3 is 15.4 Å². The van der Waals surface area contributed by atoms with Crippen LogP contribution in [0.2, 0.25) is 0 Å². The van der Waals surface area contributed by atoms with Crippen molar-refractivity contribution in [3.05, 3.63) is 23.8 Å². The third kappa shape index (κ3) is 4.86. The Hall–Kier alpha value is -1.29. The van der Waals surface area contributed by atoms with Gasteiger partial charge in [0.1, 0.15) is 0 Å². The minimum absolute atomic E-state index is 0.0519. The summed E-state index contributed by atoms with van der Waals surface area (Å²) in [5.74, 6) is 0. The van der Waals surface area contributed by atoms with Crippen LogP contribution < -0.4 is 10.8 Å². The zero-order valence-corrected chi connectivity index (χ0v) is 15.9. The van der Waals surface area contributed by atoms with Gasteiger partial charge in [0, 0.05) is 23.5 Å². The van der Waals surface area contributed by atoms with Crippen molar-refractivity contribution >= 4 is 24.8 Å². The van der Waals surface area contributed by atoms with Crippen molar-refractivity contribution in [2.75, 3.05) is 5.32 Å². The van der Waals surface area contributed by atoms with E-state index in [-0.39, 0.29) is 11.0 Å². The fourth-order valence-corrected chi connectivity index (χ4v) is 2.76. The van der Waals surface area contributed by atoms with E-state index in [0.717, 1.165) is 16.7 Å². The quantitative estimate of drug-likeness (QED) is 0.596. The molecule has 1 aliphatic rings. The van der Waals surface area contributed by atoms with Gasteiger partial charge >= 0.3 is 7.48 Å². The van der Waals surface area contributed by atoms with Crippen molar-refractivity contribution in [2.24, 2.45) is 5.41 Å². The Morgan fingerprint density at radius 3 is 2.38 bits per heavy atom. The molecule has 4 heteroatoms. The van der Waals surface area contributed by atoms with Gasteiger partial charge in [-0.25, -0.2) is 0 Å². The van der Waals surface area contributed by atoms with Crippen molar-refractivity contribution < 1.29 is 4.65 Å². The lowest BCUT2D eigenvalue weighted by molar-refractivity contribution is 0.00504. The first kappa shape index (κ1) is 19.0. The van der Waals surface area contributed by atoms with Crippen LogP contribution in [0.3, 0.4) is 0 Å². The van der Waals surface area contributed by atoms with Gasteiger partial charge in [0.25, 0.3) is 0 Å². The smallest absolute Gasteiger partial charge is 0.330 e. The molecule has 1 fully saturated rings. The molecule has 0 aromatic heterocycles. The zero-order chi connectivity index (χ0) is 17.8. The Morgan fingerprint density at radius 1 is 1.12 bits per heavy atom. The summed E-state index contributed by atoms with van der Waals surface area (Å²) in [5, 5.41) is 11.4. The topological polar surface area (TPSA) is 45.1 Å². The molecule has 2 N–H and O–H groups in total. The molecule has 0 aliphatic heterocycles. The van der Waals surface area contributed by atoms with E-state index in [0.29, 0.717) is 6.04 Å². The highest BCUT2D eigenvalue weighted by Gasteiger charge is 2.33. The number of hydrogen-bond donors (Lipinski definition) is 2. The van der Waals surface area contributed by atoms with E-state index in [1.807, 2.05) is 13.5 Å². The summed E-state index contributed by atoms with van der Waals surface area (Å²) in [6.45, 7) is 10.8. The summed E-state index contributed by atoms with van der Waals surface area (Å²) >= 11 is 0. The molecule has 0 amide bonds. The molecule has 0 spiro atoms. The maximum absolute atomic E-state index is 7.73. The van der Waals surface area contributed by atoms with Crippen LogP contribution in [0, 0.1) is 10.8 Å². The van der Waals surface area contributed by atoms with Crippen LogP contribution in [0.1, 0.15) is 72.3 Å². The molecular formula is C20H32BN2O. The van der Waals surface area contributed by atoms with Gasteiger partial charge in [0.05, 0.1) is 5.60 Å². The monoisotopic (exact) mass is 327 g/mol. The standard InChI is InChI=1S/C20H32BN2O/c1-19(2,3)20(4,5)24-21-16-11-12-18(15(13-16)14-22)23-17-9-7-6-8-10-17/h11-14,17,22-23H,6-10H2,1-5H3. The average Bonchev–Trinajstić information content (AvgIpc) is 2.54. The molecule has 1 aromatic carbocycles. The number of benzene rings is 1. The predicted molar refractivity (Wildman–Crippen MR) is 105 cm³/mol. The van der Waals surface area contributed by atoms with E-state index >= 15 is 0 Å². The molecule has 24 heavy (non-hydrogen) atoms. The van der Waals surface area contributed by atoms with Crippen LogP contribution in [0.25, 0.3) is 0 Å². The maximum Gasteiger partial charge on any atom is 0.330 e. The molecule has 3 nitrogen and oxygen atoms in total. The Labute approximate surface area is 148 Å². The van der Waals surface area contributed by atoms with Gasteiger partial charge in [-0.15, -0.1) is 0 Å². The van der Waals surface area contributed by atoms with E-state index in [9.17, 15) is 0 Å². The first-order chi connectivity index (χ1) is 11.2. The maximum atomic E-state index is 7.73. The molecule has 0 heterocycles. The second-order valence-electron chi connectivity index (χ2n) is 8.47. The van der Waals surface area contributed by atoms with Crippen LogP contribution in [-0.4, -0.2) is 25.3 Å². The molecule has 0 atom stereocenters. The van der Waals surface area contributed by atoms with Crippen LogP contribution in [0.4, 0.5) is 5.69 Å². The van der Waals surface area contributed by atoms with Gasteiger partial charge in [0.2, 0.25) is 0 Å². The highest BCUT2D eigenvalue weighted by Crippen LogP contribution is 2.32. The van der Waals surface area contributed by atoms with Crippen LogP contribution >= 0.6 is 0 Å². The molecule has 1 radical (unpaired) electrons. The lowest BCUT2D eigenvalue weighted by Gasteiger charge is -2.39. The summed E-state index contributed by atoms with van der Waals surface area (Å²) < 4.78 is 6.05. The van der Waals surface area contributed by atoms with E-state index < -0.39 is 0 Å². The predicted octanol–water partition coefficient (Wildman–Crippen LogP) is 4.51. The highest BCUT2D eigenvalue weighted by atomic mass is 16.5. The summed E-state index contributed by atoms with van der Waals surface area (Å²) in [6, 6.07) is 6.71. The van der Waals surface area contributed by atoms with E-state index in [2.05, 4.69) is 52.1 Å². The fourth-order valence-electron chi connectivity index (χ4n) is 2.76. The largest absolute Gasteiger partial charge is 0.429 e. The molecule has 2 rings (SSSR count). The Morgan fingerprint density at radius 2 is 1.79 bits per heavy atom. The van der Waals surface area contributed by atoms with Crippen LogP contribution in [-0.2, 0) is 4.65 Å². The van der Waals surface area contributed by atoms with E-state index in [1.54, 1.807) is 0 Å². The SMILES string of the molecule is CC(C)(C)C(C)(C)O[B]c1ccc(NC2CCCCC2)c(C=N)c1. The van der Waals surface area contributed by atoms with Crippen molar-refractivity contribution in [1.29, 1.82) is 5.41 Å². The van der Waals surface area contributed by atoms with Gasteiger partial charge in [-0.1, -0.05) is 57.6 Å². The summed E-state index contributed by atoms with van der Waals surface area (Å²) in [5.41, 5.74) is 2.78. The Balaban J connectivity index is 2.04. The molecular weight excluding hydrogens is 295 g/mol. The summed E-state index contributed by atoms with van der Waals surface area (Å²) in [7, 11) is 1.82. The first-order valence-electron chi connectivity index (χ1n) is 9.15. The molecule has 131 valence electrons. The number of rotatable bonds is 6. The van der Waals surface area contributed by atoms with Gasteiger partial charge in [-0.05, 0) is 38.2 Å². The van der Waals surface area contributed by atoms with Crippen molar-refractivity contribution in [3.63, 3.8) is 0 Å². The molecule has 0 bridgehead atoms. The normalized spacial score (nSPS) is 16.7. The third-order valence-electron chi connectivity index (χ3n) is 5.49. The van der Waals surface area contributed by atoms with Crippen molar-refractivity contribution in [3.8, 4) is 0 Å². The number of hydrogen-bond acceptors (Lipinski definition) is 3. The van der Waals surface area contributed by atoms with E-state index in [4.69, 9.17) is 10.1 Å². The fraction of sp³-hybridized carbons (Fsp3) is 0.650. The second-order valence-corrected chi connectivity index (χ2v) is 8.47. The second kappa shape index (κ2) is 7.73. The minimum Gasteiger partial charge on any atom is -0.429 e. The average molecular weight is 327 g/mol. The van der Waals surface area contributed by atoms with Gasteiger partial charge in [0.15, 0.2) is 0 Å². The van der Waals surface area contributed by atoms with Crippen molar-refractivity contribution in [1.82, 2.24) is 0 Å². The van der Waals surface area contributed by atoms with Gasteiger partial charge in [-0.2, -0.15) is 0 Å². The van der Waals surface area contributed by atoms with E-state index in [1.165, 1.54) is 38.3 Å². The van der Waals surface area contributed by atoms with Gasteiger partial charge in [-0.3, -0.25) is 0 Å². The van der Waals surface area contributed by atoms with Crippen LogP contribution in [0.15, 0.2) is 18.2 Å². The Bertz CT molecular complexity index is 557. The summed E-state index contributed by atoms with van der Waals surface area (Å²) in [6.07, 6.45) is 7.85. The molecule has 0 saturated heterocycles. The molecule has 1 saturated carbocycles. The third-order valence-corrected chi connectivity index (χ3v) is 5.49. The number of anilines is 1. The summed E-state index contributed by atoms with van der Waals surface area (Å²) in [4.78, 5) is 0. The first-order valence-corrected chi connectivity index (χ1v) is 9.15. The minimum atomic E-state index is -0.253. The molecule has 1 aliphatic carbocycles. The molecule has 0 unspecified atom stereocenters. The number of nitrogens with one attached hydrogen (secondary N) is 2. The molecule has 1 aromatic rings. The highest BCUT2D eigenvalue weighted by molar-refractivity contribution is 6.47. The lowest BCUT2D eigenvalue weighted by Crippen LogP contribution is -2.42. The van der Waals surface area contributed by atoms with Crippen molar-refractivity contribution in [2.45, 2.75) is 78.4 Å². The van der Waals surface area contributed by atoms with Crippen LogP contribution in [0.5, 0.6) is 0 Å².